The molecular weight excluding hydrogens is 348 g/mol. The minimum atomic E-state index is -0.398. The van der Waals surface area contributed by atoms with Crippen LogP contribution in [0.25, 0.3) is 0 Å². The van der Waals surface area contributed by atoms with Gasteiger partial charge in [-0.3, -0.25) is 9.59 Å². The van der Waals surface area contributed by atoms with E-state index in [1.165, 1.54) is 14.2 Å². The number of nitrogens with one attached hydrogen (secondary N) is 2. The summed E-state index contributed by atoms with van der Waals surface area (Å²) in [6.45, 7) is 1.05. The first-order valence-corrected chi connectivity index (χ1v) is 8.50. The number of para-hydroxylation sites is 2. The molecule has 0 aliphatic heterocycles. The maximum absolute atomic E-state index is 12.7. The molecule has 144 valence electrons. The smallest absolute Gasteiger partial charge is 0.259 e. The van der Waals surface area contributed by atoms with Gasteiger partial charge in [-0.25, -0.2) is 0 Å². The van der Waals surface area contributed by atoms with Crippen LogP contribution in [0.3, 0.4) is 0 Å². The maximum atomic E-state index is 12.7. The molecule has 2 N–H and O–H groups in total. The number of carbonyl (C=O) groups is 2. The van der Waals surface area contributed by atoms with Gasteiger partial charge in [-0.05, 0) is 30.7 Å². The fourth-order valence-electron chi connectivity index (χ4n) is 2.56. The SMILES string of the molecule is COCCCNC(=O)c1ccccc1NC(=O)c1cccc(OC)c1OC. The second kappa shape index (κ2) is 10.2. The van der Waals surface area contributed by atoms with Gasteiger partial charge in [0, 0.05) is 20.3 Å². The summed E-state index contributed by atoms with van der Waals surface area (Å²) in [6.07, 6.45) is 0.706. The second-order valence-corrected chi connectivity index (χ2v) is 5.64. The van der Waals surface area contributed by atoms with Gasteiger partial charge in [0.2, 0.25) is 0 Å². The molecule has 0 atom stereocenters. The lowest BCUT2D eigenvalue weighted by atomic mass is 10.1. The molecule has 0 bridgehead atoms. The van der Waals surface area contributed by atoms with E-state index in [-0.39, 0.29) is 5.91 Å². The van der Waals surface area contributed by atoms with Crippen molar-refractivity contribution in [2.24, 2.45) is 0 Å². The highest BCUT2D eigenvalue weighted by Gasteiger charge is 2.19. The molecule has 0 saturated heterocycles. The third-order valence-corrected chi connectivity index (χ3v) is 3.88. The number of ether oxygens (including phenoxy) is 3. The van der Waals surface area contributed by atoms with Crippen molar-refractivity contribution in [2.45, 2.75) is 6.42 Å². The van der Waals surface area contributed by atoms with E-state index in [1.807, 2.05) is 0 Å². The Kier molecular flexibility index (Phi) is 7.63. The molecule has 0 radical (unpaired) electrons. The van der Waals surface area contributed by atoms with Crippen molar-refractivity contribution in [1.82, 2.24) is 5.32 Å². The Morgan fingerprint density at radius 1 is 0.889 bits per heavy atom. The van der Waals surface area contributed by atoms with Gasteiger partial charge in [-0.2, -0.15) is 0 Å². The average Bonchev–Trinajstić information content (AvgIpc) is 2.70. The van der Waals surface area contributed by atoms with E-state index >= 15 is 0 Å². The molecule has 0 aromatic heterocycles. The quantitative estimate of drug-likeness (QED) is 0.661. The zero-order valence-corrected chi connectivity index (χ0v) is 15.7. The highest BCUT2D eigenvalue weighted by Crippen LogP contribution is 2.31. The van der Waals surface area contributed by atoms with E-state index < -0.39 is 5.91 Å². The molecule has 2 aromatic rings. The first-order chi connectivity index (χ1) is 13.1. The first-order valence-electron chi connectivity index (χ1n) is 8.50. The van der Waals surface area contributed by atoms with E-state index in [4.69, 9.17) is 14.2 Å². The van der Waals surface area contributed by atoms with E-state index in [0.717, 1.165) is 0 Å². The third-order valence-electron chi connectivity index (χ3n) is 3.88. The molecule has 0 saturated carbocycles. The van der Waals surface area contributed by atoms with Gasteiger partial charge < -0.3 is 24.8 Å². The number of carbonyl (C=O) groups excluding carboxylic acids is 2. The summed E-state index contributed by atoms with van der Waals surface area (Å²) in [5.74, 6) is 0.123. The summed E-state index contributed by atoms with van der Waals surface area (Å²) in [5, 5.41) is 5.59. The van der Waals surface area contributed by atoms with E-state index in [2.05, 4.69) is 10.6 Å². The van der Waals surface area contributed by atoms with Gasteiger partial charge in [0.1, 0.15) is 0 Å². The van der Waals surface area contributed by atoms with Gasteiger partial charge in [0.05, 0.1) is 31.0 Å². The first kappa shape index (κ1) is 20.3. The Morgan fingerprint density at radius 2 is 1.63 bits per heavy atom. The molecule has 7 heteroatoms. The van der Waals surface area contributed by atoms with E-state index in [0.29, 0.717) is 47.9 Å². The highest BCUT2D eigenvalue weighted by atomic mass is 16.5. The molecule has 0 aliphatic rings. The van der Waals surface area contributed by atoms with Crippen molar-refractivity contribution in [3.05, 3.63) is 53.6 Å². The summed E-state index contributed by atoms with van der Waals surface area (Å²) in [4.78, 5) is 25.2. The lowest BCUT2D eigenvalue weighted by Gasteiger charge is -2.14. The van der Waals surface area contributed by atoms with Crippen molar-refractivity contribution in [3.63, 3.8) is 0 Å². The predicted molar refractivity (Wildman–Crippen MR) is 103 cm³/mol. The molecule has 0 fully saturated rings. The summed E-state index contributed by atoms with van der Waals surface area (Å²) in [7, 11) is 4.58. The van der Waals surface area contributed by atoms with Crippen LogP contribution in [-0.4, -0.2) is 46.3 Å². The number of methoxy groups -OCH3 is 3. The van der Waals surface area contributed by atoms with Crippen molar-refractivity contribution in [3.8, 4) is 11.5 Å². The molecule has 0 aliphatic carbocycles. The predicted octanol–water partition coefficient (Wildman–Crippen LogP) is 2.72. The lowest BCUT2D eigenvalue weighted by Crippen LogP contribution is -2.26. The zero-order valence-electron chi connectivity index (χ0n) is 15.7. The van der Waals surface area contributed by atoms with Gasteiger partial charge in [-0.1, -0.05) is 18.2 Å². The standard InChI is InChI=1S/C20H24N2O5/c1-25-13-7-12-21-19(23)14-8-4-5-10-16(14)22-20(24)15-9-6-11-17(26-2)18(15)27-3/h4-6,8-11H,7,12-13H2,1-3H3,(H,21,23)(H,22,24). The van der Waals surface area contributed by atoms with Crippen LogP contribution < -0.4 is 20.1 Å². The van der Waals surface area contributed by atoms with Gasteiger partial charge >= 0.3 is 0 Å². The summed E-state index contributed by atoms with van der Waals surface area (Å²) < 4.78 is 15.5. The normalized spacial score (nSPS) is 10.2. The summed E-state index contributed by atoms with van der Waals surface area (Å²) >= 11 is 0. The van der Waals surface area contributed by atoms with Crippen LogP contribution in [0.4, 0.5) is 5.69 Å². The van der Waals surface area contributed by atoms with Crippen molar-refractivity contribution >= 4 is 17.5 Å². The van der Waals surface area contributed by atoms with Gasteiger partial charge in [0.15, 0.2) is 11.5 Å². The molecule has 2 aromatic carbocycles. The topological polar surface area (TPSA) is 85.9 Å². The average molecular weight is 372 g/mol. The Hall–Kier alpha value is -3.06. The highest BCUT2D eigenvalue weighted by molar-refractivity contribution is 6.10. The summed E-state index contributed by atoms with van der Waals surface area (Å²) in [6, 6.07) is 11.9. The second-order valence-electron chi connectivity index (χ2n) is 5.64. The molecule has 0 spiro atoms. The van der Waals surface area contributed by atoms with Crippen LogP contribution in [0.2, 0.25) is 0 Å². The van der Waals surface area contributed by atoms with Crippen LogP contribution in [0.1, 0.15) is 27.1 Å². The monoisotopic (exact) mass is 372 g/mol. The minimum absolute atomic E-state index is 0.264. The Morgan fingerprint density at radius 3 is 2.33 bits per heavy atom. The van der Waals surface area contributed by atoms with Gasteiger partial charge in [-0.15, -0.1) is 0 Å². The maximum Gasteiger partial charge on any atom is 0.259 e. The van der Waals surface area contributed by atoms with Crippen LogP contribution in [0, 0.1) is 0 Å². The van der Waals surface area contributed by atoms with Gasteiger partial charge in [0.25, 0.3) is 11.8 Å². The number of benzene rings is 2. The van der Waals surface area contributed by atoms with Crippen molar-refractivity contribution in [2.75, 3.05) is 39.8 Å². The molecule has 7 nitrogen and oxygen atoms in total. The number of hydrogen-bond acceptors (Lipinski definition) is 5. The van der Waals surface area contributed by atoms with Crippen molar-refractivity contribution in [1.29, 1.82) is 0 Å². The third kappa shape index (κ3) is 5.21. The minimum Gasteiger partial charge on any atom is -0.493 e. The molecule has 0 heterocycles. The number of hydrogen-bond donors (Lipinski definition) is 2. The van der Waals surface area contributed by atoms with Crippen LogP contribution in [0.5, 0.6) is 11.5 Å². The van der Waals surface area contributed by atoms with Crippen LogP contribution in [-0.2, 0) is 4.74 Å². The number of amides is 2. The van der Waals surface area contributed by atoms with E-state index in [1.54, 1.807) is 49.6 Å². The summed E-state index contributed by atoms with van der Waals surface area (Å²) in [5.41, 5.74) is 1.11. The van der Waals surface area contributed by atoms with Crippen LogP contribution >= 0.6 is 0 Å². The lowest BCUT2D eigenvalue weighted by molar-refractivity contribution is 0.0949. The van der Waals surface area contributed by atoms with Crippen molar-refractivity contribution < 1.29 is 23.8 Å². The van der Waals surface area contributed by atoms with E-state index in [9.17, 15) is 9.59 Å². The fourth-order valence-corrected chi connectivity index (χ4v) is 2.56. The molecular formula is C20H24N2O5. The number of anilines is 1. The fraction of sp³-hybridized carbons (Fsp3) is 0.300. The molecule has 2 rings (SSSR count). The molecule has 2 amide bonds. The molecule has 27 heavy (non-hydrogen) atoms. The largest absolute Gasteiger partial charge is 0.493 e. The number of rotatable bonds is 9. The Balaban J connectivity index is 2.18. The Bertz CT molecular complexity index is 792. The Labute approximate surface area is 158 Å². The van der Waals surface area contributed by atoms with Crippen LogP contribution in [0.15, 0.2) is 42.5 Å². The molecule has 0 unspecified atom stereocenters. The zero-order chi connectivity index (χ0) is 19.6.